The van der Waals surface area contributed by atoms with Crippen molar-refractivity contribution in [2.75, 3.05) is 31.3 Å². The van der Waals surface area contributed by atoms with Crippen molar-refractivity contribution in [2.45, 2.75) is 6.42 Å². The van der Waals surface area contributed by atoms with E-state index in [4.69, 9.17) is 15.6 Å². The number of carboxylic acid groups (broad SMARTS) is 1. The molecule has 1 aromatic rings. The predicted molar refractivity (Wildman–Crippen MR) is 62.8 cm³/mol. The third kappa shape index (κ3) is 3.43. The highest BCUT2D eigenvalue weighted by atomic mass is 16.5. The molecule has 0 aliphatic carbocycles. The lowest BCUT2D eigenvalue weighted by molar-refractivity contribution is 0.0698. The van der Waals surface area contributed by atoms with E-state index in [0.29, 0.717) is 6.61 Å². The summed E-state index contributed by atoms with van der Waals surface area (Å²) < 4.78 is 4.91. The van der Waals surface area contributed by atoms with Gasteiger partial charge in [-0.25, -0.2) is 4.79 Å². The van der Waals surface area contributed by atoms with Crippen LogP contribution in [-0.4, -0.2) is 31.3 Å². The largest absolute Gasteiger partial charge is 0.478 e. The Labute approximate surface area is 94.2 Å². The zero-order valence-corrected chi connectivity index (χ0v) is 9.19. The van der Waals surface area contributed by atoms with E-state index in [9.17, 15) is 4.79 Å². The van der Waals surface area contributed by atoms with Crippen molar-refractivity contribution in [3.63, 3.8) is 0 Å². The first-order valence-electron chi connectivity index (χ1n) is 5.00. The third-order valence-corrected chi connectivity index (χ3v) is 2.14. The number of aromatic carboxylic acids is 1. The van der Waals surface area contributed by atoms with Gasteiger partial charge in [0.2, 0.25) is 0 Å². The van der Waals surface area contributed by atoms with Gasteiger partial charge >= 0.3 is 5.97 Å². The minimum atomic E-state index is -1.02. The van der Waals surface area contributed by atoms with E-state index in [0.717, 1.165) is 18.7 Å². The molecule has 0 aromatic heterocycles. The van der Waals surface area contributed by atoms with Crippen LogP contribution in [0.15, 0.2) is 18.2 Å². The molecule has 0 aliphatic heterocycles. The first-order chi connectivity index (χ1) is 7.65. The number of rotatable bonds is 6. The van der Waals surface area contributed by atoms with Crippen molar-refractivity contribution in [1.82, 2.24) is 0 Å². The molecule has 4 N–H and O–H groups in total. The van der Waals surface area contributed by atoms with Gasteiger partial charge in [-0.1, -0.05) is 0 Å². The van der Waals surface area contributed by atoms with Gasteiger partial charge in [-0.2, -0.15) is 0 Å². The zero-order chi connectivity index (χ0) is 12.0. The van der Waals surface area contributed by atoms with Crippen LogP contribution in [0.4, 0.5) is 11.4 Å². The predicted octanol–water partition coefficient (Wildman–Crippen LogP) is 1.42. The van der Waals surface area contributed by atoms with Crippen LogP contribution < -0.4 is 11.1 Å². The summed E-state index contributed by atoms with van der Waals surface area (Å²) in [5.41, 5.74) is 6.69. The van der Waals surface area contributed by atoms with E-state index in [1.807, 2.05) is 0 Å². The highest BCUT2D eigenvalue weighted by Gasteiger charge is 2.07. The van der Waals surface area contributed by atoms with Crippen LogP contribution in [0.25, 0.3) is 0 Å². The van der Waals surface area contributed by atoms with E-state index >= 15 is 0 Å². The number of methoxy groups -OCH3 is 1. The maximum Gasteiger partial charge on any atom is 0.337 e. The fourth-order valence-corrected chi connectivity index (χ4v) is 1.30. The molecule has 0 saturated heterocycles. The first kappa shape index (κ1) is 12.3. The van der Waals surface area contributed by atoms with Gasteiger partial charge in [0.15, 0.2) is 0 Å². The number of hydrogen-bond donors (Lipinski definition) is 3. The number of carboxylic acids is 1. The minimum absolute atomic E-state index is 0.122. The van der Waals surface area contributed by atoms with E-state index in [-0.39, 0.29) is 11.3 Å². The smallest absolute Gasteiger partial charge is 0.337 e. The Balaban J connectivity index is 2.61. The number of nitrogens with two attached hydrogens (primary N) is 1. The van der Waals surface area contributed by atoms with Crippen LogP contribution in [-0.2, 0) is 4.74 Å². The second-order valence-electron chi connectivity index (χ2n) is 3.38. The average molecular weight is 224 g/mol. The van der Waals surface area contributed by atoms with Gasteiger partial charge in [-0.3, -0.25) is 0 Å². The number of benzene rings is 1. The maximum atomic E-state index is 10.8. The molecule has 1 aromatic carbocycles. The molecule has 0 fully saturated rings. The molecule has 1 rings (SSSR count). The lowest BCUT2D eigenvalue weighted by atomic mass is 10.1. The molecule has 0 amide bonds. The average Bonchev–Trinajstić information content (AvgIpc) is 2.26. The van der Waals surface area contributed by atoms with Gasteiger partial charge in [-0.15, -0.1) is 0 Å². The van der Waals surface area contributed by atoms with Gasteiger partial charge in [-0.05, 0) is 24.6 Å². The number of carbonyl (C=O) groups is 1. The quantitative estimate of drug-likeness (QED) is 0.502. The molecular formula is C11H16N2O3. The third-order valence-electron chi connectivity index (χ3n) is 2.14. The number of nitrogens with one attached hydrogen (secondary N) is 1. The Bertz CT molecular complexity index is 366. The standard InChI is InChI=1S/C11H16N2O3/c1-16-6-2-5-13-8-3-4-10(12)9(7-8)11(14)15/h3-4,7,13H,2,5-6,12H2,1H3,(H,14,15). The highest BCUT2D eigenvalue weighted by Crippen LogP contribution is 2.17. The lowest BCUT2D eigenvalue weighted by Gasteiger charge is -2.08. The first-order valence-corrected chi connectivity index (χ1v) is 5.00. The topological polar surface area (TPSA) is 84.6 Å². The van der Waals surface area contributed by atoms with Crippen LogP contribution >= 0.6 is 0 Å². The maximum absolute atomic E-state index is 10.8. The molecule has 0 radical (unpaired) electrons. The summed E-state index contributed by atoms with van der Waals surface area (Å²) in [6, 6.07) is 4.88. The Hall–Kier alpha value is -1.75. The van der Waals surface area contributed by atoms with Crippen molar-refractivity contribution in [3.05, 3.63) is 23.8 Å². The fourth-order valence-electron chi connectivity index (χ4n) is 1.30. The zero-order valence-electron chi connectivity index (χ0n) is 9.19. The molecular weight excluding hydrogens is 208 g/mol. The number of hydrogen-bond acceptors (Lipinski definition) is 4. The van der Waals surface area contributed by atoms with Crippen LogP contribution in [0.5, 0.6) is 0 Å². The van der Waals surface area contributed by atoms with Crippen molar-refractivity contribution in [3.8, 4) is 0 Å². The Morgan fingerprint density at radius 2 is 2.31 bits per heavy atom. The molecule has 0 heterocycles. The summed E-state index contributed by atoms with van der Waals surface area (Å²) >= 11 is 0. The summed E-state index contributed by atoms with van der Waals surface area (Å²) in [5, 5.41) is 12.0. The second-order valence-corrected chi connectivity index (χ2v) is 3.38. The van der Waals surface area contributed by atoms with E-state index < -0.39 is 5.97 Å². The summed E-state index contributed by atoms with van der Waals surface area (Å²) in [6.45, 7) is 1.41. The van der Waals surface area contributed by atoms with E-state index in [2.05, 4.69) is 5.32 Å². The monoisotopic (exact) mass is 224 g/mol. The summed E-state index contributed by atoms with van der Waals surface area (Å²) in [5.74, 6) is -1.02. The SMILES string of the molecule is COCCCNc1ccc(N)c(C(=O)O)c1. The number of ether oxygens (including phenoxy) is 1. The van der Waals surface area contributed by atoms with Crippen molar-refractivity contribution >= 4 is 17.3 Å². The van der Waals surface area contributed by atoms with E-state index in [1.165, 1.54) is 6.07 Å². The lowest BCUT2D eigenvalue weighted by Crippen LogP contribution is -2.07. The van der Waals surface area contributed by atoms with Gasteiger partial charge in [0.25, 0.3) is 0 Å². The van der Waals surface area contributed by atoms with Gasteiger partial charge in [0.05, 0.1) is 5.56 Å². The molecule has 0 aliphatic rings. The van der Waals surface area contributed by atoms with Gasteiger partial charge < -0.3 is 20.9 Å². The van der Waals surface area contributed by atoms with Crippen molar-refractivity contribution < 1.29 is 14.6 Å². The minimum Gasteiger partial charge on any atom is -0.478 e. The van der Waals surface area contributed by atoms with Gasteiger partial charge in [0, 0.05) is 31.6 Å². The van der Waals surface area contributed by atoms with Crippen LogP contribution in [0, 0.1) is 0 Å². The molecule has 88 valence electrons. The van der Waals surface area contributed by atoms with Crippen LogP contribution in [0.1, 0.15) is 16.8 Å². The molecule has 0 saturated carbocycles. The summed E-state index contributed by atoms with van der Waals surface area (Å²) in [4.78, 5) is 10.8. The second kappa shape index (κ2) is 5.97. The van der Waals surface area contributed by atoms with Gasteiger partial charge in [0.1, 0.15) is 0 Å². The number of nitrogen functional groups attached to an aromatic ring is 1. The molecule has 16 heavy (non-hydrogen) atoms. The highest BCUT2D eigenvalue weighted by molar-refractivity contribution is 5.94. The van der Waals surface area contributed by atoms with E-state index in [1.54, 1.807) is 19.2 Å². The summed E-state index contributed by atoms with van der Waals surface area (Å²) in [7, 11) is 1.64. The molecule has 0 atom stereocenters. The van der Waals surface area contributed by atoms with Crippen LogP contribution in [0.2, 0.25) is 0 Å². The Kier molecular flexibility index (Phi) is 4.60. The Morgan fingerprint density at radius 1 is 1.56 bits per heavy atom. The van der Waals surface area contributed by atoms with Crippen molar-refractivity contribution in [1.29, 1.82) is 0 Å². The molecule has 0 spiro atoms. The van der Waals surface area contributed by atoms with Crippen molar-refractivity contribution in [2.24, 2.45) is 0 Å². The molecule has 0 bridgehead atoms. The molecule has 5 heteroatoms. The molecule has 5 nitrogen and oxygen atoms in total. The molecule has 0 unspecified atom stereocenters. The number of anilines is 2. The summed E-state index contributed by atoms with van der Waals surface area (Å²) in [6.07, 6.45) is 0.864. The Morgan fingerprint density at radius 3 is 2.94 bits per heavy atom. The van der Waals surface area contributed by atoms with Crippen LogP contribution in [0.3, 0.4) is 0 Å². The fraction of sp³-hybridized carbons (Fsp3) is 0.364. The normalized spacial score (nSPS) is 10.1.